The highest BCUT2D eigenvalue weighted by molar-refractivity contribution is 5.99. The number of imide groups is 1. The van der Waals surface area contributed by atoms with Gasteiger partial charge in [-0.1, -0.05) is 12.1 Å². The van der Waals surface area contributed by atoms with E-state index in [1.54, 1.807) is 31.2 Å². The zero-order chi connectivity index (χ0) is 19.1. The smallest absolute Gasteiger partial charge is 0.326 e. The van der Waals surface area contributed by atoms with Crippen molar-refractivity contribution < 1.29 is 28.7 Å². The van der Waals surface area contributed by atoms with Gasteiger partial charge < -0.3 is 20.1 Å². The molecule has 1 heterocycles. The van der Waals surface area contributed by atoms with E-state index in [1.807, 2.05) is 0 Å². The highest BCUT2D eigenvalue weighted by Gasteiger charge is 2.31. The van der Waals surface area contributed by atoms with Crippen LogP contribution in [0, 0.1) is 0 Å². The van der Waals surface area contributed by atoms with Crippen LogP contribution < -0.4 is 15.4 Å². The third-order valence-electron chi connectivity index (χ3n) is 3.60. The molecule has 4 amide bonds. The molecular weight excluding hydrogens is 342 g/mol. The van der Waals surface area contributed by atoms with Gasteiger partial charge in [0.15, 0.2) is 6.10 Å². The maximum absolute atomic E-state index is 12.2. The fraction of sp³-hybridized carbons (Fsp3) is 0.412. The second-order valence-electron chi connectivity index (χ2n) is 5.47. The van der Waals surface area contributed by atoms with Crippen LogP contribution >= 0.6 is 0 Å². The Morgan fingerprint density at radius 2 is 2.04 bits per heavy atom. The number of carbonyl (C=O) groups excluding carboxylic acids is 4. The molecule has 1 aliphatic rings. The molecule has 26 heavy (non-hydrogen) atoms. The topological polar surface area (TPSA) is 114 Å². The summed E-state index contributed by atoms with van der Waals surface area (Å²) in [7, 11) is 0. The number of hydrogen-bond acceptors (Lipinski definition) is 6. The van der Waals surface area contributed by atoms with E-state index in [0.29, 0.717) is 24.5 Å². The SMILES string of the molecule is CCOc1ccccc1C(=O)NCC(=O)OC(C)C(=O)N1CCNC1=O. The number of rotatable bonds is 7. The Hall–Kier alpha value is -3.10. The molecule has 0 radical (unpaired) electrons. The lowest BCUT2D eigenvalue weighted by Gasteiger charge is -2.18. The van der Waals surface area contributed by atoms with Gasteiger partial charge in [0.05, 0.1) is 12.2 Å². The molecule has 2 N–H and O–H groups in total. The van der Waals surface area contributed by atoms with Gasteiger partial charge in [0.25, 0.3) is 11.8 Å². The minimum atomic E-state index is -1.13. The lowest BCUT2D eigenvalue weighted by atomic mass is 10.2. The van der Waals surface area contributed by atoms with Crippen LogP contribution in [0.15, 0.2) is 24.3 Å². The molecule has 0 spiro atoms. The molecule has 1 aliphatic heterocycles. The predicted octanol–water partition coefficient (Wildman–Crippen LogP) is 0.299. The van der Waals surface area contributed by atoms with Crippen LogP contribution in [0.5, 0.6) is 5.75 Å². The van der Waals surface area contributed by atoms with Crippen molar-refractivity contribution in [3.8, 4) is 5.75 Å². The summed E-state index contributed by atoms with van der Waals surface area (Å²) in [6.07, 6.45) is -1.13. The summed E-state index contributed by atoms with van der Waals surface area (Å²) >= 11 is 0. The molecule has 1 fully saturated rings. The van der Waals surface area contributed by atoms with Crippen molar-refractivity contribution in [2.75, 3.05) is 26.2 Å². The maximum atomic E-state index is 12.2. The van der Waals surface area contributed by atoms with E-state index >= 15 is 0 Å². The number of esters is 1. The van der Waals surface area contributed by atoms with Crippen molar-refractivity contribution >= 4 is 23.8 Å². The lowest BCUT2D eigenvalue weighted by Crippen LogP contribution is -2.43. The number of nitrogens with zero attached hydrogens (tertiary/aromatic N) is 1. The fourth-order valence-electron chi connectivity index (χ4n) is 2.37. The Labute approximate surface area is 150 Å². The minimum absolute atomic E-state index is 0.227. The highest BCUT2D eigenvalue weighted by atomic mass is 16.5. The molecule has 1 saturated heterocycles. The number of urea groups is 1. The molecule has 9 heteroatoms. The first-order valence-electron chi connectivity index (χ1n) is 8.22. The van der Waals surface area contributed by atoms with Gasteiger partial charge in [-0.15, -0.1) is 0 Å². The molecule has 0 bridgehead atoms. The Morgan fingerprint density at radius 1 is 1.31 bits per heavy atom. The van der Waals surface area contributed by atoms with Gasteiger partial charge in [-0.2, -0.15) is 0 Å². The Balaban J connectivity index is 1.85. The van der Waals surface area contributed by atoms with E-state index in [4.69, 9.17) is 9.47 Å². The quantitative estimate of drug-likeness (QED) is 0.674. The van der Waals surface area contributed by atoms with E-state index in [-0.39, 0.29) is 6.54 Å². The largest absolute Gasteiger partial charge is 0.493 e. The van der Waals surface area contributed by atoms with Crippen molar-refractivity contribution in [2.45, 2.75) is 20.0 Å². The second-order valence-corrected chi connectivity index (χ2v) is 5.47. The molecule has 9 nitrogen and oxygen atoms in total. The first-order valence-corrected chi connectivity index (χ1v) is 8.22. The van der Waals surface area contributed by atoms with E-state index in [2.05, 4.69) is 10.6 Å². The van der Waals surface area contributed by atoms with Crippen molar-refractivity contribution in [1.82, 2.24) is 15.5 Å². The summed E-state index contributed by atoms with van der Waals surface area (Å²) in [5.41, 5.74) is 0.292. The summed E-state index contributed by atoms with van der Waals surface area (Å²) in [5, 5.41) is 4.91. The van der Waals surface area contributed by atoms with Crippen LogP contribution in [-0.4, -0.2) is 61.1 Å². The van der Waals surface area contributed by atoms with Crippen LogP contribution in [0.1, 0.15) is 24.2 Å². The number of ether oxygens (including phenoxy) is 2. The third-order valence-corrected chi connectivity index (χ3v) is 3.60. The number of amides is 4. The zero-order valence-electron chi connectivity index (χ0n) is 14.6. The van der Waals surface area contributed by atoms with E-state index in [1.165, 1.54) is 6.92 Å². The van der Waals surface area contributed by atoms with Crippen molar-refractivity contribution in [3.63, 3.8) is 0 Å². The van der Waals surface area contributed by atoms with Gasteiger partial charge >= 0.3 is 12.0 Å². The van der Waals surface area contributed by atoms with Gasteiger partial charge in [0.1, 0.15) is 12.3 Å². The minimum Gasteiger partial charge on any atom is -0.493 e. The van der Waals surface area contributed by atoms with Gasteiger partial charge in [0, 0.05) is 13.1 Å². The number of nitrogens with one attached hydrogen (secondary N) is 2. The first-order chi connectivity index (χ1) is 12.4. The summed E-state index contributed by atoms with van der Waals surface area (Å²) in [6, 6.07) is 6.12. The molecule has 1 aromatic carbocycles. The molecule has 0 saturated carbocycles. The van der Waals surface area contributed by atoms with Gasteiger partial charge in [-0.25, -0.2) is 4.79 Å². The molecule has 1 atom stereocenters. The highest BCUT2D eigenvalue weighted by Crippen LogP contribution is 2.17. The average molecular weight is 363 g/mol. The van der Waals surface area contributed by atoms with E-state index < -0.39 is 36.5 Å². The van der Waals surface area contributed by atoms with Crippen LogP contribution in [-0.2, 0) is 14.3 Å². The lowest BCUT2D eigenvalue weighted by molar-refractivity contribution is -0.156. The molecule has 140 valence electrons. The summed E-state index contributed by atoms with van der Waals surface area (Å²) in [4.78, 5) is 48.5. The van der Waals surface area contributed by atoms with Gasteiger partial charge in [0.2, 0.25) is 0 Å². The number of benzene rings is 1. The van der Waals surface area contributed by atoms with Crippen molar-refractivity contribution in [2.24, 2.45) is 0 Å². The zero-order valence-corrected chi connectivity index (χ0v) is 14.6. The number of para-hydroxylation sites is 1. The second kappa shape index (κ2) is 8.84. The van der Waals surface area contributed by atoms with Crippen molar-refractivity contribution in [1.29, 1.82) is 0 Å². The van der Waals surface area contributed by atoms with Crippen LogP contribution in [0.25, 0.3) is 0 Å². The monoisotopic (exact) mass is 363 g/mol. The Morgan fingerprint density at radius 3 is 2.69 bits per heavy atom. The molecule has 0 aliphatic carbocycles. The maximum Gasteiger partial charge on any atom is 0.326 e. The Bertz CT molecular complexity index is 705. The fourth-order valence-corrected chi connectivity index (χ4v) is 2.37. The predicted molar refractivity (Wildman–Crippen MR) is 90.6 cm³/mol. The Kier molecular flexibility index (Phi) is 6.54. The third kappa shape index (κ3) is 4.71. The van der Waals surface area contributed by atoms with Gasteiger partial charge in [-0.3, -0.25) is 19.3 Å². The average Bonchev–Trinajstić information content (AvgIpc) is 3.05. The number of carbonyl (C=O) groups is 4. The van der Waals surface area contributed by atoms with Gasteiger partial charge in [-0.05, 0) is 26.0 Å². The normalized spacial score (nSPS) is 14.4. The first kappa shape index (κ1) is 19.2. The summed E-state index contributed by atoms with van der Waals surface area (Å²) in [5.74, 6) is -1.48. The van der Waals surface area contributed by atoms with Crippen LogP contribution in [0.2, 0.25) is 0 Å². The summed E-state index contributed by atoms with van der Waals surface area (Å²) in [6.45, 7) is 3.74. The summed E-state index contributed by atoms with van der Waals surface area (Å²) < 4.78 is 10.3. The van der Waals surface area contributed by atoms with Crippen LogP contribution in [0.4, 0.5) is 4.79 Å². The molecule has 1 aromatic rings. The molecule has 1 unspecified atom stereocenters. The van der Waals surface area contributed by atoms with E-state index in [9.17, 15) is 19.2 Å². The standard InChI is InChI=1S/C17H21N3O6/c1-3-25-13-7-5-4-6-12(13)15(22)19-10-14(21)26-11(2)16(23)20-9-8-18-17(20)24/h4-7,11H,3,8-10H2,1-2H3,(H,18,24)(H,19,22). The van der Waals surface area contributed by atoms with E-state index in [0.717, 1.165) is 4.90 Å². The molecular formula is C17H21N3O6. The number of hydrogen-bond donors (Lipinski definition) is 2. The molecule has 2 rings (SSSR count). The van der Waals surface area contributed by atoms with Crippen LogP contribution in [0.3, 0.4) is 0 Å². The van der Waals surface area contributed by atoms with Crippen molar-refractivity contribution in [3.05, 3.63) is 29.8 Å². The molecule has 0 aromatic heterocycles.